The van der Waals surface area contributed by atoms with Gasteiger partial charge in [0.2, 0.25) is 0 Å². The number of quaternary nitrogens is 1. The quantitative estimate of drug-likeness (QED) is 0.641. The van der Waals surface area contributed by atoms with Gasteiger partial charge in [0.1, 0.15) is 13.1 Å². The van der Waals surface area contributed by atoms with E-state index in [0.717, 1.165) is 57.1 Å². The molecule has 0 aromatic carbocycles. The molecule has 1 heterocycles. The average molecular weight is 301 g/mol. The van der Waals surface area contributed by atoms with E-state index in [1.807, 2.05) is 0 Å². The SMILES string of the molecule is CC(C)(C)N1CCOCC[N+](C)(C(C)(C)C)CCOCC1. The van der Waals surface area contributed by atoms with Crippen molar-refractivity contribution in [2.24, 2.45) is 0 Å². The first-order chi connectivity index (χ1) is 9.56. The molecule has 1 saturated heterocycles. The molecule has 0 radical (unpaired) electrons. The Labute approximate surface area is 132 Å². The summed E-state index contributed by atoms with van der Waals surface area (Å²) in [5.41, 5.74) is 0.390. The van der Waals surface area contributed by atoms with Crippen LogP contribution in [0, 0.1) is 0 Å². The van der Waals surface area contributed by atoms with Crippen LogP contribution in [-0.2, 0) is 9.47 Å². The third-order valence-corrected chi connectivity index (χ3v) is 5.04. The highest BCUT2D eigenvalue weighted by molar-refractivity contribution is 4.76. The van der Waals surface area contributed by atoms with E-state index in [4.69, 9.17) is 9.47 Å². The van der Waals surface area contributed by atoms with E-state index in [0.29, 0.717) is 0 Å². The third-order valence-electron chi connectivity index (χ3n) is 5.04. The van der Waals surface area contributed by atoms with Crippen molar-refractivity contribution in [2.75, 3.05) is 59.7 Å². The first-order valence-electron chi connectivity index (χ1n) is 8.31. The van der Waals surface area contributed by atoms with Crippen LogP contribution in [0.4, 0.5) is 0 Å². The van der Waals surface area contributed by atoms with Gasteiger partial charge in [-0.2, -0.15) is 0 Å². The summed E-state index contributed by atoms with van der Waals surface area (Å²) >= 11 is 0. The maximum absolute atomic E-state index is 5.92. The van der Waals surface area contributed by atoms with Gasteiger partial charge in [-0.3, -0.25) is 4.90 Å². The molecule has 0 N–H and O–H groups in total. The Morgan fingerprint density at radius 3 is 1.52 bits per heavy atom. The van der Waals surface area contributed by atoms with Crippen LogP contribution < -0.4 is 0 Å². The Bertz CT molecular complexity index is 291. The molecule has 0 spiro atoms. The minimum absolute atomic E-state index is 0.173. The van der Waals surface area contributed by atoms with Gasteiger partial charge in [-0.05, 0) is 41.5 Å². The Morgan fingerprint density at radius 2 is 1.19 bits per heavy atom. The molecule has 0 bridgehead atoms. The molecule has 126 valence electrons. The van der Waals surface area contributed by atoms with Gasteiger partial charge in [0, 0.05) is 18.6 Å². The summed E-state index contributed by atoms with van der Waals surface area (Å²) in [5, 5.41) is 0. The Kier molecular flexibility index (Phi) is 6.66. The van der Waals surface area contributed by atoms with Crippen LogP contribution in [0.3, 0.4) is 0 Å². The summed E-state index contributed by atoms with van der Waals surface area (Å²) in [7, 11) is 2.32. The van der Waals surface area contributed by atoms with E-state index in [1.165, 1.54) is 0 Å². The summed E-state index contributed by atoms with van der Waals surface area (Å²) in [6.45, 7) is 21.0. The van der Waals surface area contributed by atoms with Crippen molar-refractivity contribution in [1.29, 1.82) is 0 Å². The molecular formula is C17H37N2O2+. The minimum Gasteiger partial charge on any atom is -0.374 e. The van der Waals surface area contributed by atoms with Gasteiger partial charge < -0.3 is 14.0 Å². The van der Waals surface area contributed by atoms with Gasteiger partial charge >= 0.3 is 0 Å². The Hall–Kier alpha value is -0.160. The fourth-order valence-electron chi connectivity index (χ4n) is 2.65. The number of hydrogen-bond acceptors (Lipinski definition) is 3. The molecule has 0 saturated carbocycles. The van der Waals surface area contributed by atoms with Gasteiger partial charge in [0.15, 0.2) is 0 Å². The molecule has 0 unspecified atom stereocenters. The molecule has 0 aromatic heterocycles. The number of hydrogen-bond donors (Lipinski definition) is 0. The monoisotopic (exact) mass is 301 g/mol. The van der Waals surface area contributed by atoms with Crippen molar-refractivity contribution in [3.63, 3.8) is 0 Å². The Morgan fingerprint density at radius 1 is 0.762 bits per heavy atom. The second-order valence-electron chi connectivity index (χ2n) is 8.40. The fraction of sp³-hybridized carbons (Fsp3) is 1.00. The van der Waals surface area contributed by atoms with Crippen LogP contribution in [-0.4, -0.2) is 80.1 Å². The van der Waals surface area contributed by atoms with Crippen molar-refractivity contribution in [3.05, 3.63) is 0 Å². The van der Waals surface area contributed by atoms with Gasteiger partial charge in [0.25, 0.3) is 0 Å². The summed E-state index contributed by atoms with van der Waals surface area (Å²) in [5.74, 6) is 0. The highest BCUT2D eigenvalue weighted by Gasteiger charge is 2.35. The van der Waals surface area contributed by atoms with Crippen LogP contribution in [0.5, 0.6) is 0 Å². The second-order valence-corrected chi connectivity index (χ2v) is 8.40. The highest BCUT2D eigenvalue weighted by atomic mass is 16.5. The van der Waals surface area contributed by atoms with Crippen LogP contribution in [0.1, 0.15) is 41.5 Å². The lowest BCUT2D eigenvalue weighted by Crippen LogP contribution is -2.60. The predicted molar refractivity (Wildman–Crippen MR) is 88.6 cm³/mol. The van der Waals surface area contributed by atoms with Gasteiger partial charge in [-0.25, -0.2) is 0 Å². The first kappa shape index (κ1) is 18.9. The maximum Gasteiger partial charge on any atom is 0.103 e. The third kappa shape index (κ3) is 5.85. The smallest absolute Gasteiger partial charge is 0.103 e. The van der Waals surface area contributed by atoms with Gasteiger partial charge in [-0.1, -0.05) is 0 Å². The van der Waals surface area contributed by atoms with E-state index in [2.05, 4.69) is 53.5 Å². The van der Waals surface area contributed by atoms with Crippen LogP contribution in [0.25, 0.3) is 0 Å². The number of likely N-dealkylation sites (N-methyl/N-ethyl adjacent to an activating group) is 1. The molecule has 0 amide bonds. The van der Waals surface area contributed by atoms with Crippen molar-refractivity contribution in [2.45, 2.75) is 52.6 Å². The van der Waals surface area contributed by atoms with E-state index < -0.39 is 0 Å². The zero-order chi connectivity index (χ0) is 16.1. The highest BCUT2D eigenvalue weighted by Crippen LogP contribution is 2.22. The lowest BCUT2D eigenvalue weighted by molar-refractivity contribution is -0.953. The van der Waals surface area contributed by atoms with E-state index >= 15 is 0 Å². The lowest BCUT2D eigenvalue weighted by atomic mass is 10.0. The van der Waals surface area contributed by atoms with Gasteiger partial charge in [0.05, 0.1) is 39.0 Å². The summed E-state index contributed by atoms with van der Waals surface area (Å²) in [4.78, 5) is 2.45. The number of nitrogens with zero attached hydrogens (tertiary/aromatic N) is 2. The van der Waals surface area contributed by atoms with Gasteiger partial charge in [-0.15, -0.1) is 0 Å². The van der Waals surface area contributed by atoms with Crippen molar-refractivity contribution >= 4 is 0 Å². The largest absolute Gasteiger partial charge is 0.374 e. The molecule has 0 aromatic rings. The maximum atomic E-state index is 5.92. The molecule has 1 fully saturated rings. The second kappa shape index (κ2) is 7.40. The standard InChI is InChI=1S/C17H37N2O2/c1-16(2,3)18-8-12-20-14-10-19(7,17(4,5)6)11-15-21-13-9-18/h8-15H2,1-7H3/q+1. The predicted octanol–water partition coefficient (Wildman–Crippen LogP) is 2.38. The van der Waals surface area contributed by atoms with Crippen LogP contribution in [0.2, 0.25) is 0 Å². The van der Waals surface area contributed by atoms with Crippen LogP contribution in [0.15, 0.2) is 0 Å². The van der Waals surface area contributed by atoms with E-state index in [-0.39, 0.29) is 11.1 Å². The zero-order valence-corrected chi connectivity index (χ0v) is 15.4. The lowest BCUT2D eigenvalue weighted by Gasteiger charge is -2.46. The molecule has 1 aliphatic heterocycles. The summed E-state index contributed by atoms with van der Waals surface area (Å²) in [6, 6.07) is 0. The van der Waals surface area contributed by atoms with Crippen LogP contribution >= 0.6 is 0 Å². The van der Waals surface area contributed by atoms with Crippen molar-refractivity contribution in [1.82, 2.24) is 4.90 Å². The zero-order valence-electron chi connectivity index (χ0n) is 15.4. The molecule has 1 rings (SSSR count). The van der Waals surface area contributed by atoms with Crippen molar-refractivity contribution in [3.8, 4) is 0 Å². The molecular weight excluding hydrogens is 264 g/mol. The molecule has 4 heteroatoms. The molecule has 0 aliphatic carbocycles. The molecule has 0 atom stereocenters. The van der Waals surface area contributed by atoms with E-state index in [9.17, 15) is 0 Å². The summed E-state index contributed by atoms with van der Waals surface area (Å²) < 4.78 is 12.8. The Balaban J connectivity index is 2.62. The molecule has 4 nitrogen and oxygen atoms in total. The molecule has 21 heavy (non-hydrogen) atoms. The topological polar surface area (TPSA) is 21.7 Å². The van der Waals surface area contributed by atoms with E-state index in [1.54, 1.807) is 0 Å². The first-order valence-corrected chi connectivity index (χ1v) is 8.31. The fourth-order valence-corrected chi connectivity index (χ4v) is 2.65. The summed E-state index contributed by atoms with van der Waals surface area (Å²) in [6.07, 6.45) is 0. The average Bonchev–Trinajstić information content (AvgIpc) is 2.30. The number of rotatable bonds is 0. The normalized spacial score (nSPS) is 24.1. The van der Waals surface area contributed by atoms with Crippen molar-refractivity contribution < 1.29 is 14.0 Å². The molecule has 1 aliphatic rings. The minimum atomic E-state index is 0.173. The number of ether oxygens (including phenoxy) is 2.